The molecule has 0 atom stereocenters. The molecule has 1 aromatic rings. The minimum Gasteiger partial charge on any atom is -0.444 e. The molecule has 8 heteroatoms. The molecule has 0 bridgehead atoms. The highest BCUT2D eigenvalue weighted by Gasteiger charge is 2.29. The van der Waals surface area contributed by atoms with E-state index in [2.05, 4.69) is 10.6 Å². The Morgan fingerprint density at radius 1 is 1.14 bits per heavy atom. The van der Waals surface area contributed by atoms with Gasteiger partial charge in [-0.3, -0.25) is 14.9 Å². The normalized spacial score (nSPS) is 11.9. The van der Waals surface area contributed by atoms with Gasteiger partial charge in [-0.25, -0.2) is 4.79 Å². The van der Waals surface area contributed by atoms with Gasteiger partial charge in [0.1, 0.15) is 5.60 Å². The van der Waals surface area contributed by atoms with Crippen LogP contribution >= 0.6 is 0 Å². The number of rotatable bonds is 8. The van der Waals surface area contributed by atoms with Crippen LogP contribution in [0.4, 0.5) is 10.5 Å². The Morgan fingerprint density at radius 2 is 1.71 bits per heavy atom. The molecule has 0 spiro atoms. The summed E-state index contributed by atoms with van der Waals surface area (Å²) in [4.78, 5) is 34.4. The van der Waals surface area contributed by atoms with Crippen LogP contribution in [-0.2, 0) is 9.53 Å². The number of non-ortho nitro benzene ring substituents is 1. The van der Waals surface area contributed by atoms with Crippen molar-refractivity contribution in [1.29, 1.82) is 0 Å². The lowest BCUT2D eigenvalue weighted by molar-refractivity contribution is -0.384. The molecule has 1 rings (SSSR count). The van der Waals surface area contributed by atoms with E-state index in [0.717, 1.165) is 0 Å². The van der Waals surface area contributed by atoms with Gasteiger partial charge in [-0.1, -0.05) is 13.8 Å². The lowest BCUT2D eigenvalue weighted by atomic mass is 9.92. The van der Waals surface area contributed by atoms with Gasteiger partial charge in [0.05, 0.1) is 10.5 Å². The Balaban J connectivity index is 2.72. The van der Waals surface area contributed by atoms with Gasteiger partial charge in [-0.05, 0) is 57.4 Å². The summed E-state index contributed by atoms with van der Waals surface area (Å²) in [6.07, 6.45) is 3.66. The Hall–Kier alpha value is -2.90. The number of nitro groups is 1. The number of hydrogen-bond donors (Lipinski definition) is 2. The zero-order valence-electron chi connectivity index (χ0n) is 17.1. The van der Waals surface area contributed by atoms with Gasteiger partial charge in [0, 0.05) is 24.8 Å². The Labute approximate surface area is 165 Å². The summed E-state index contributed by atoms with van der Waals surface area (Å²) in [7, 11) is 0. The van der Waals surface area contributed by atoms with E-state index in [1.807, 2.05) is 13.8 Å². The van der Waals surface area contributed by atoms with E-state index < -0.39 is 22.2 Å². The second-order valence-corrected chi connectivity index (χ2v) is 7.51. The highest BCUT2D eigenvalue weighted by atomic mass is 16.6. The Bertz CT molecular complexity index is 716. The van der Waals surface area contributed by atoms with Crippen molar-refractivity contribution in [2.75, 3.05) is 6.54 Å². The standard InChI is InChI=1S/C20H29N3O5/c1-6-20(7-2,14-21-18(25)28-19(3,4)5)22-17(24)13-10-15-8-11-16(12-9-15)23(26)27/h8-13H,6-7,14H2,1-5H3,(H,21,25)(H,22,24)/b13-10+. The maximum absolute atomic E-state index is 12.3. The monoisotopic (exact) mass is 391 g/mol. The zero-order chi connectivity index (χ0) is 21.4. The SMILES string of the molecule is CCC(CC)(CNC(=O)OC(C)(C)C)NC(=O)/C=C/c1ccc([N+](=O)[O-])cc1. The lowest BCUT2D eigenvalue weighted by Crippen LogP contribution is -2.55. The van der Waals surface area contributed by atoms with Crippen LogP contribution in [0, 0.1) is 10.1 Å². The molecule has 0 aliphatic heterocycles. The fourth-order valence-electron chi connectivity index (χ4n) is 2.46. The summed E-state index contributed by atoms with van der Waals surface area (Å²) in [6, 6.07) is 5.90. The van der Waals surface area contributed by atoms with Crippen molar-refractivity contribution in [3.63, 3.8) is 0 Å². The summed E-state index contributed by atoms with van der Waals surface area (Å²) < 4.78 is 5.23. The molecule has 0 aromatic heterocycles. The molecule has 28 heavy (non-hydrogen) atoms. The molecule has 0 aliphatic rings. The molecule has 0 saturated carbocycles. The van der Waals surface area contributed by atoms with Crippen molar-refractivity contribution in [3.8, 4) is 0 Å². The zero-order valence-corrected chi connectivity index (χ0v) is 17.1. The van der Waals surface area contributed by atoms with Crippen molar-refractivity contribution < 1.29 is 19.2 Å². The summed E-state index contributed by atoms with van der Waals surface area (Å²) >= 11 is 0. The van der Waals surface area contributed by atoms with Crippen LogP contribution < -0.4 is 10.6 Å². The number of carbonyl (C=O) groups is 2. The van der Waals surface area contributed by atoms with Crippen LogP contribution in [0.5, 0.6) is 0 Å². The molecule has 2 N–H and O–H groups in total. The molecular weight excluding hydrogens is 362 g/mol. The first-order valence-corrected chi connectivity index (χ1v) is 9.22. The van der Waals surface area contributed by atoms with Crippen molar-refractivity contribution in [1.82, 2.24) is 10.6 Å². The number of ether oxygens (including phenoxy) is 1. The quantitative estimate of drug-likeness (QED) is 0.398. The largest absolute Gasteiger partial charge is 0.444 e. The highest BCUT2D eigenvalue weighted by molar-refractivity contribution is 5.92. The fraction of sp³-hybridized carbons (Fsp3) is 0.500. The average molecular weight is 391 g/mol. The van der Waals surface area contributed by atoms with Gasteiger partial charge in [0.15, 0.2) is 0 Å². The Kier molecular flexibility index (Phi) is 8.16. The third-order valence-electron chi connectivity index (χ3n) is 4.24. The molecule has 0 aliphatic carbocycles. The number of benzene rings is 1. The Morgan fingerprint density at radius 3 is 2.18 bits per heavy atom. The molecule has 1 aromatic carbocycles. The second kappa shape index (κ2) is 9.87. The van der Waals surface area contributed by atoms with Crippen LogP contribution in [-0.4, -0.2) is 34.6 Å². The van der Waals surface area contributed by atoms with Gasteiger partial charge >= 0.3 is 6.09 Å². The van der Waals surface area contributed by atoms with Gasteiger partial charge in [-0.15, -0.1) is 0 Å². The first-order valence-electron chi connectivity index (χ1n) is 9.22. The van der Waals surface area contributed by atoms with Gasteiger partial charge in [0.2, 0.25) is 5.91 Å². The highest BCUT2D eigenvalue weighted by Crippen LogP contribution is 2.16. The number of nitro benzene ring substituents is 1. The summed E-state index contributed by atoms with van der Waals surface area (Å²) in [5, 5.41) is 16.3. The van der Waals surface area contributed by atoms with Crippen molar-refractivity contribution in [3.05, 3.63) is 46.0 Å². The van der Waals surface area contributed by atoms with E-state index >= 15 is 0 Å². The number of nitrogens with zero attached hydrogens (tertiary/aromatic N) is 1. The van der Waals surface area contributed by atoms with E-state index in [9.17, 15) is 19.7 Å². The van der Waals surface area contributed by atoms with E-state index in [1.165, 1.54) is 18.2 Å². The predicted molar refractivity (Wildman–Crippen MR) is 108 cm³/mol. The average Bonchev–Trinajstić information content (AvgIpc) is 2.62. The molecule has 0 saturated heterocycles. The molecule has 2 amide bonds. The number of carbonyl (C=O) groups excluding carboxylic acids is 2. The fourth-order valence-corrected chi connectivity index (χ4v) is 2.46. The minimum absolute atomic E-state index is 0.00852. The van der Waals surface area contributed by atoms with E-state index in [-0.39, 0.29) is 18.1 Å². The molecule has 154 valence electrons. The molecule has 8 nitrogen and oxygen atoms in total. The first kappa shape index (κ1) is 23.1. The predicted octanol–water partition coefficient (Wildman–Crippen LogP) is 3.81. The topological polar surface area (TPSA) is 111 Å². The summed E-state index contributed by atoms with van der Waals surface area (Å²) in [5.74, 6) is -0.312. The van der Waals surface area contributed by atoms with Crippen molar-refractivity contribution >= 4 is 23.8 Å². The number of alkyl carbamates (subject to hydrolysis) is 1. The third-order valence-corrected chi connectivity index (χ3v) is 4.24. The summed E-state index contributed by atoms with van der Waals surface area (Å²) in [5.41, 5.74) is -0.535. The van der Waals surface area contributed by atoms with Gasteiger partial charge in [0.25, 0.3) is 5.69 Å². The molecule has 0 fully saturated rings. The minimum atomic E-state index is -0.603. The first-order chi connectivity index (χ1) is 13.0. The summed E-state index contributed by atoms with van der Waals surface area (Å²) in [6.45, 7) is 9.45. The second-order valence-electron chi connectivity index (χ2n) is 7.51. The van der Waals surface area contributed by atoms with E-state index in [0.29, 0.717) is 18.4 Å². The molecule has 0 heterocycles. The molecular formula is C20H29N3O5. The van der Waals surface area contributed by atoms with E-state index in [1.54, 1.807) is 39.0 Å². The van der Waals surface area contributed by atoms with Crippen LogP contribution in [0.25, 0.3) is 6.08 Å². The molecule has 0 unspecified atom stereocenters. The maximum Gasteiger partial charge on any atom is 0.407 e. The van der Waals surface area contributed by atoms with Crippen LogP contribution in [0.3, 0.4) is 0 Å². The smallest absolute Gasteiger partial charge is 0.407 e. The number of nitrogens with one attached hydrogen (secondary N) is 2. The molecule has 0 radical (unpaired) electrons. The van der Waals surface area contributed by atoms with Gasteiger partial charge < -0.3 is 15.4 Å². The number of hydrogen-bond acceptors (Lipinski definition) is 5. The maximum atomic E-state index is 12.3. The van der Waals surface area contributed by atoms with Crippen molar-refractivity contribution in [2.24, 2.45) is 0 Å². The lowest BCUT2D eigenvalue weighted by Gasteiger charge is -2.33. The van der Waals surface area contributed by atoms with Gasteiger partial charge in [-0.2, -0.15) is 0 Å². The van der Waals surface area contributed by atoms with Crippen LogP contribution in [0.2, 0.25) is 0 Å². The van der Waals surface area contributed by atoms with E-state index in [4.69, 9.17) is 4.74 Å². The van der Waals surface area contributed by atoms with Crippen LogP contribution in [0.15, 0.2) is 30.3 Å². The third kappa shape index (κ3) is 7.77. The van der Waals surface area contributed by atoms with Crippen LogP contribution in [0.1, 0.15) is 53.0 Å². The van der Waals surface area contributed by atoms with Crippen molar-refractivity contribution in [2.45, 2.75) is 58.6 Å². The number of amides is 2.